The molecule has 0 radical (unpaired) electrons. The number of esters is 4. The molecule has 7 atom stereocenters. The first-order valence-electron chi connectivity index (χ1n) is 43.9. The summed E-state index contributed by atoms with van der Waals surface area (Å²) >= 11 is 0. The Hall–Kier alpha value is -1.94. The molecule has 4 unspecified atom stereocenters. The summed E-state index contributed by atoms with van der Waals surface area (Å²) in [5.74, 6) is 0.354. The third-order valence-corrected chi connectivity index (χ3v) is 22.5. The number of carbonyl (C=O) groups is 4. The second kappa shape index (κ2) is 75.1. The summed E-state index contributed by atoms with van der Waals surface area (Å²) in [6.45, 7) is 12.0. The van der Waals surface area contributed by atoms with Crippen molar-refractivity contribution in [1.82, 2.24) is 0 Å². The Kier molecular flexibility index (Phi) is 73.7. The van der Waals surface area contributed by atoms with Crippen LogP contribution in [0.3, 0.4) is 0 Å². The van der Waals surface area contributed by atoms with E-state index in [2.05, 4.69) is 48.5 Å². The van der Waals surface area contributed by atoms with Crippen LogP contribution in [0.15, 0.2) is 0 Å². The van der Waals surface area contributed by atoms with Gasteiger partial charge in [-0.15, -0.1) is 0 Å². The van der Waals surface area contributed by atoms with Crippen molar-refractivity contribution in [2.24, 2.45) is 17.8 Å². The van der Waals surface area contributed by atoms with Crippen molar-refractivity contribution in [2.75, 3.05) is 39.6 Å². The van der Waals surface area contributed by atoms with Crippen LogP contribution < -0.4 is 0 Å². The van der Waals surface area contributed by atoms with Gasteiger partial charge in [0.15, 0.2) is 12.2 Å². The third-order valence-electron chi connectivity index (χ3n) is 20.6. The van der Waals surface area contributed by atoms with Gasteiger partial charge in [-0.05, 0) is 43.4 Å². The zero-order chi connectivity index (χ0) is 76.5. The van der Waals surface area contributed by atoms with Crippen molar-refractivity contribution in [3.05, 3.63) is 0 Å². The summed E-state index contributed by atoms with van der Waals surface area (Å²) in [6.07, 6.45) is 65.3. The molecule has 0 saturated heterocycles. The number of hydrogen-bond donors (Lipinski definition) is 3. The van der Waals surface area contributed by atoms with E-state index in [1.54, 1.807) is 0 Å². The largest absolute Gasteiger partial charge is 0.472 e. The molecule has 0 aliphatic rings. The van der Waals surface area contributed by atoms with Crippen LogP contribution in [0.1, 0.15) is 447 Å². The van der Waals surface area contributed by atoms with E-state index in [0.717, 1.165) is 108 Å². The molecular weight excluding hydrogens is 1350 g/mol. The van der Waals surface area contributed by atoms with E-state index in [-0.39, 0.29) is 25.7 Å². The van der Waals surface area contributed by atoms with Crippen molar-refractivity contribution >= 4 is 39.5 Å². The smallest absolute Gasteiger partial charge is 0.462 e. The minimum atomic E-state index is -4.97. The Bertz CT molecular complexity index is 2010. The number of aliphatic hydroxyl groups is 1. The first kappa shape index (κ1) is 102. The molecule has 0 saturated carbocycles. The summed E-state index contributed by atoms with van der Waals surface area (Å²) in [6, 6.07) is 0. The van der Waals surface area contributed by atoms with Gasteiger partial charge in [0.1, 0.15) is 19.3 Å². The van der Waals surface area contributed by atoms with Crippen molar-refractivity contribution < 1.29 is 80.2 Å². The van der Waals surface area contributed by atoms with Gasteiger partial charge in [-0.3, -0.25) is 37.3 Å². The Morgan fingerprint density at radius 3 is 0.731 bits per heavy atom. The van der Waals surface area contributed by atoms with Gasteiger partial charge in [0, 0.05) is 25.7 Å². The molecule has 618 valence electrons. The molecule has 0 fully saturated rings. The van der Waals surface area contributed by atoms with E-state index in [1.165, 1.54) is 257 Å². The predicted octanol–water partition coefficient (Wildman–Crippen LogP) is 25.7. The number of unbranched alkanes of at least 4 members (excludes halogenated alkanes) is 49. The standard InChI is InChI=1S/C85H166O17P2/c1-8-11-12-13-14-35-45-52-59-66-82(87)95-72-81(102-85(90)69-62-55-48-41-40-44-51-58-65-78(7)10-3)75-100-104(93,94)98-71-79(86)70-97-103(91,92)99-74-80(73-96-83(88)67-60-53-46-38-33-29-25-21-17-15-19-23-27-31-36-42-49-56-63-76(4)5)101-84(89)68-61-54-47-39-34-30-26-22-18-16-20-24-28-32-37-43-50-57-64-77(6)9-2/h76-81,86H,8-75H2,1-7H3,(H,91,92)(H,93,94)/t77?,78?,79-,80-,81-/m1/s1. The van der Waals surface area contributed by atoms with Gasteiger partial charge < -0.3 is 33.8 Å². The van der Waals surface area contributed by atoms with Gasteiger partial charge in [-0.2, -0.15) is 0 Å². The van der Waals surface area contributed by atoms with Crippen molar-refractivity contribution in [1.29, 1.82) is 0 Å². The molecule has 104 heavy (non-hydrogen) atoms. The number of hydrogen-bond acceptors (Lipinski definition) is 15. The molecule has 0 aromatic carbocycles. The summed E-state index contributed by atoms with van der Waals surface area (Å²) in [4.78, 5) is 73.1. The number of rotatable bonds is 83. The van der Waals surface area contributed by atoms with E-state index < -0.39 is 97.5 Å². The summed E-state index contributed by atoms with van der Waals surface area (Å²) in [5, 5.41) is 10.7. The van der Waals surface area contributed by atoms with Crippen LogP contribution in [-0.2, 0) is 65.4 Å². The Morgan fingerprint density at radius 2 is 0.490 bits per heavy atom. The lowest BCUT2D eigenvalue weighted by molar-refractivity contribution is -0.161. The molecule has 0 aliphatic heterocycles. The van der Waals surface area contributed by atoms with Gasteiger partial charge in [0.05, 0.1) is 26.4 Å². The number of phosphoric ester groups is 2. The van der Waals surface area contributed by atoms with Crippen LogP contribution in [0.25, 0.3) is 0 Å². The molecule has 0 aromatic rings. The Morgan fingerprint density at radius 1 is 0.279 bits per heavy atom. The molecule has 0 bridgehead atoms. The summed E-state index contributed by atoms with van der Waals surface area (Å²) in [5.41, 5.74) is 0. The summed E-state index contributed by atoms with van der Waals surface area (Å²) in [7, 11) is -9.92. The van der Waals surface area contributed by atoms with Crippen LogP contribution in [0.5, 0.6) is 0 Å². The maximum Gasteiger partial charge on any atom is 0.472 e. The molecule has 0 aromatic heterocycles. The van der Waals surface area contributed by atoms with Gasteiger partial charge in [-0.25, -0.2) is 9.13 Å². The average Bonchev–Trinajstić information content (AvgIpc) is 0.916. The van der Waals surface area contributed by atoms with Gasteiger partial charge >= 0.3 is 39.5 Å². The van der Waals surface area contributed by atoms with Crippen molar-refractivity contribution in [3.63, 3.8) is 0 Å². The second-order valence-electron chi connectivity index (χ2n) is 31.5. The lowest BCUT2D eigenvalue weighted by Crippen LogP contribution is -2.30. The van der Waals surface area contributed by atoms with Gasteiger partial charge in [0.2, 0.25) is 0 Å². The highest BCUT2D eigenvalue weighted by atomic mass is 31.2. The molecule has 0 amide bonds. The zero-order valence-corrected chi connectivity index (χ0v) is 70.3. The Labute approximate surface area is 638 Å². The lowest BCUT2D eigenvalue weighted by Gasteiger charge is -2.21. The van der Waals surface area contributed by atoms with E-state index in [4.69, 9.17) is 37.0 Å². The average molecular weight is 1520 g/mol. The topological polar surface area (TPSA) is 237 Å². The van der Waals surface area contributed by atoms with E-state index in [1.807, 2.05) is 0 Å². The molecule has 3 N–H and O–H groups in total. The minimum absolute atomic E-state index is 0.105. The van der Waals surface area contributed by atoms with Gasteiger partial charge in [-0.1, -0.05) is 395 Å². The number of phosphoric acid groups is 2. The molecule has 0 heterocycles. The fourth-order valence-electron chi connectivity index (χ4n) is 13.1. The monoisotopic (exact) mass is 1520 g/mol. The number of aliphatic hydroxyl groups excluding tert-OH is 1. The van der Waals surface area contributed by atoms with E-state index in [9.17, 15) is 43.2 Å². The van der Waals surface area contributed by atoms with E-state index in [0.29, 0.717) is 25.7 Å². The molecule has 0 spiro atoms. The predicted molar refractivity (Wildman–Crippen MR) is 428 cm³/mol. The number of ether oxygens (including phenoxy) is 4. The lowest BCUT2D eigenvalue weighted by atomic mass is 9.99. The van der Waals surface area contributed by atoms with Crippen LogP contribution >= 0.6 is 15.6 Å². The van der Waals surface area contributed by atoms with Crippen LogP contribution in [-0.4, -0.2) is 96.7 Å². The van der Waals surface area contributed by atoms with E-state index >= 15 is 0 Å². The van der Waals surface area contributed by atoms with Crippen molar-refractivity contribution in [2.45, 2.75) is 465 Å². The van der Waals surface area contributed by atoms with Crippen LogP contribution in [0, 0.1) is 17.8 Å². The molecule has 17 nitrogen and oxygen atoms in total. The fourth-order valence-corrected chi connectivity index (χ4v) is 14.7. The highest BCUT2D eigenvalue weighted by Gasteiger charge is 2.30. The molecule has 0 rings (SSSR count). The first-order valence-corrected chi connectivity index (χ1v) is 46.9. The van der Waals surface area contributed by atoms with Crippen LogP contribution in [0.4, 0.5) is 0 Å². The quantitative estimate of drug-likeness (QED) is 0.0222. The maximum absolute atomic E-state index is 13.1. The highest BCUT2D eigenvalue weighted by molar-refractivity contribution is 7.47. The Balaban J connectivity index is 5.19. The third kappa shape index (κ3) is 75.5. The maximum atomic E-state index is 13.1. The highest BCUT2D eigenvalue weighted by Crippen LogP contribution is 2.45. The second-order valence-corrected chi connectivity index (χ2v) is 34.4. The summed E-state index contributed by atoms with van der Waals surface area (Å²) < 4.78 is 68.8. The van der Waals surface area contributed by atoms with Crippen molar-refractivity contribution in [3.8, 4) is 0 Å². The first-order chi connectivity index (χ1) is 50.3. The fraction of sp³-hybridized carbons (Fsp3) is 0.953. The van der Waals surface area contributed by atoms with Gasteiger partial charge in [0.25, 0.3) is 0 Å². The normalized spacial score (nSPS) is 14.4. The molecular formula is C85H166O17P2. The SMILES string of the molecule is CCCCCCCCCCCC(=O)OC[C@H](COP(=O)(O)OC[C@H](O)COP(=O)(O)OC[C@@H](COC(=O)CCCCCCCCCCCCCCCCCCCCC(C)C)OC(=O)CCCCCCCCCCCCCCCCCCCCC(C)CC)OC(=O)CCCCCCCCCCC(C)CC. The molecule has 0 aliphatic carbocycles. The van der Waals surface area contributed by atoms with Crippen LogP contribution in [0.2, 0.25) is 0 Å². The molecule has 19 heteroatoms. The zero-order valence-electron chi connectivity index (χ0n) is 68.5. The minimum Gasteiger partial charge on any atom is -0.462 e. The number of carbonyl (C=O) groups excluding carboxylic acids is 4.